The molecule has 1 aliphatic rings. The average Bonchev–Trinajstić information content (AvgIpc) is 2.88. The maximum Gasteiger partial charge on any atom is 0.237 e. The summed E-state index contributed by atoms with van der Waals surface area (Å²) in [6.45, 7) is 4.66. The number of halogens is 1. The van der Waals surface area contributed by atoms with Gasteiger partial charge >= 0.3 is 0 Å². The molecule has 1 amide bonds. The van der Waals surface area contributed by atoms with E-state index in [-0.39, 0.29) is 43.1 Å². The molecule has 0 spiro atoms. The van der Waals surface area contributed by atoms with Gasteiger partial charge in [0, 0.05) is 30.3 Å². The number of fused-ring (bicyclic) bond motifs is 1. The predicted molar refractivity (Wildman–Crippen MR) is 103 cm³/mol. The Morgan fingerprint density at radius 2 is 2.15 bits per heavy atom. The van der Waals surface area contributed by atoms with Gasteiger partial charge < -0.3 is 20.5 Å². The van der Waals surface area contributed by atoms with Gasteiger partial charge in [0.15, 0.2) is 0 Å². The van der Waals surface area contributed by atoms with E-state index < -0.39 is 15.9 Å². The summed E-state index contributed by atoms with van der Waals surface area (Å²) in [4.78, 5) is 12.1. The van der Waals surface area contributed by atoms with Crippen LogP contribution in [0.15, 0.2) is 12.1 Å². The molecular formula is C17H27ClN2O5S. The van der Waals surface area contributed by atoms with Crippen molar-refractivity contribution in [2.45, 2.75) is 45.4 Å². The molecule has 2 unspecified atom stereocenters. The average molecular weight is 407 g/mol. The maximum absolute atomic E-state index is 12.1. The van der Waals surface area contributed by atoms with Crippen LogP contribution < -0.4 is 20.5 Å². The van der Waals surface area contributed by atoms with Crippen LogP contribution in [0.3, 0.4) is 0 Å². The first-order valence-electron chi connectivity index (χ1n) is 8.36. The monoisotopic (exact) mass is 406 g/mol. The van der Waals surface area contributed by atoms with Gasteiger partial charge in [-0.1, -0.05) is 0 Å². The second-order valence-corrected chi connectivity index (χ2v) is 8.64. The summed E-state index contributed by atoms with van der Waals surface area (Å²) in [7, 11) is -3.14. The van der Waals surface area contributed by atoms with E-state index in [4.69, 9.17) is 15.2 Å². The summed E-state index contributed by atoms with van der Waals surface area (Å²) in [6.07, 6.45) is 2.17. The second-order valence-electron chi connectivity index (χ2n) is 6.38. The van der Waals surface area contributed by atoms with E-state index in [1.807, 2.05) is 26.0 Å². The van der Waals surface area contributed by atoms with Crippen molar-refractivity contribution in [2.24, 2.45) is 5.73 Å². The Bertz CT molecular complexity index is 739. The van der Waals surface area contributed by atoms with Gasteiger partial charge in [-0.3, -0.25) is 4.79 Å². The van der Waals surface area contributed by atoms with Crippen LogP contribution in [0.4, 0.5) is 0 Å². The standard InChI is InChI=1S/C17H26N2O5S.ClH/c1-4-23-15-8-12-7-11(2)24-16(12)9-13(15)10-19-17(20)14(18)5-6-25(3,21)22;/h8-9,11,14H,4-7,10,18H2,1-3H3,(H,19,20);1H. The zero-order chi connectivity index (χ0) is 18.6. The molecular weight excluding hydrogens is 380 g/mol. The van der Waals surface area contributed by atoms with Gasteiger partial charge in [0.1, 0.15) is 27.4 Å². The Morgan fingerprint density at radius 3 is 2.77 bits per heavy atom. The summed E-state index contributed by atoms with van der Waals surface area (Å²) >= 11 is 0. The zero-order valence-corrected chi connectivity index (χ0v) is 16.9. The fourth-order valence-corrected chi connectivity index (χ4v) is 3.38. The quantitative estimate of drug-likeness (QED) is 0.671. The van der Waals surface area contributed by atoms with Gasteiger partial charge in [0.2, 0.25) is 5.91 Å². The minimum absolute atomic E-state index is 0. The number of benzene rings is 1. The van der Waals surface area contributed by atoms with Crippen LogP contribution in [-0.4, -0.2) is 45.1 Å². The molecule has 0 aliphatic carbocycles. The van der Waals surface area contributed by atoms with Crippen molar-refractivity contribution in [2.75, 3.05) is 18.6 Å². The lowest BCUT2D eigenvalue weighted by atomic mass is 10.1. The van der Waals surface area contributed by atoms with Crippen molar-refractivity contribution >= 4 is 28.2 Å². The smallest absolute Gasteiger partial charge is 0.237 e. The molecule has 1 aromatic carbocycles. The first-order chi connectivity index (χ1) is 11.7. The van der Waals surface area contributed by atoms with Gasteiger partial charge in [-0.15, -0.1) is 12.4 Å². The number of hydrogen-bond acceptors (Lipinski definition) is 6. The lowest BCUT2D eigenvalue weighted by Crippen LogP contribution is -2.41. The number of ether oxygens (including phenoxy) is 2. The Kier molecular flexibility index (Phi) is 8.17. The normalized spacial score (nSPS) is 16.8. The van der Waals surface area contributed by atoms with Gasteiger partial charge in [0.25, 0.3) is 0 Å². The summed E-state index contributed by atoms with van der Waals surface area (Å²) in [5.41, 5.74) is 7.66. The highest BCUT2D eigenvalue weighted by Crippen LogP contribution is 2.35. The summed E-state index contributed by atoms with van der Waals surface area (Å²) in [5, 5.41) is 2.74. The summed E-state index contributed by atoms with van der Waals surface area (Å²) in [6, 6.07) is 2.97. The number of rotatable bonds is 8. The van der Waals surface area contributed by atoms with Gasteiger partial charge in [-0.05, 0) is 32.4 Å². The van der Waals surface area contributed by atoms with Crippen LogP contribution in [0.2, 0.25) is 0 Å². The zero-order valence-electron chi connectivity index (χ0n) is 15.3. The summed E-state index contributed by atoms with van der Waals surface area (Å²) < 4.78 is 33.8. The van der Waals surface area contributed by atoms with Crippen LogP contribution >= 0.6 is 12.4 Å². The Hall–Kier alpha value is -1.51. The van der Waals surface area contributed by atoms with Crippen molar-refractivity contribution in [1.82, 2.24) is 5.32 Å². The second kappa shape index (κ2) is 9.43. The third-order valence-electron chi connectivity index (χ3n) is 3.97. The molecule has 0 aromatic heterocycles. The van der Waals surface area contributed by atoms with Gasteiger partial charge in [-0.2, -0.15) is 0 Å². The topological polar surface area (TPSA) is 108 Å². The number of nitrogens with one attached hydrogen (secondary N) is 1. The molecule has 2 rings (SSSR count). The lowest BCUT2D eigenvalue weighted by molar-refractivity contribution is -0.122. The molecule has 26 heavy (non-hydrogen) atoms. The van der Waals surface area contributed by atoms with E-state index in [2.05, 4.69) is 5.32 Å². The highest BCUT2D eigenvalue weighted by molar-refractivity contribution is 7.90. The molecule has 1 heterocycles. The number of amides is 1. The Morgan fingerprint density at radius 1 is 1.46 bits per heavy atom. The highest BCUT2D eigenvalue weighted by Gasteiger charge is 2.22. The molecule has 3 N–H and O–H groups in total. The van der Waals surface area contributed by atoms with Crippen molar-refractivity contribution in [1.29, 1.82) is 0 Å². The van der Waals surface area contributed by atoms with E-state index in [0.717, 1.165) is 29.6 Å². The largest absolute Gasteiger partial charge is 0.494 e. The Balaban J connectivity index is 0.00000338. The molecule has 0 saturated heterocycles. The number of carbonyl (C=O) groups is 1. The third kappa shape index (κ3) is 6.34. The number of hydrogen-bond donors (Lipinski definition) is 2. The van der Waals surface area contributed by atoms with E-state index in [0.29, 0.717) is 12.4 Å². The maximum atomic E-state index is 12.1. The molecule has 0 fully saturated rings. The molecule has 0 saturated carbocycles. The van der Waals surface area contributed by atoms with Crippen molar-refractivity contribution in [3.05, 3.63) is 23.3 Å². The van der Waals surface area contributed by atoms with Crippen LogP contribution in [0.5, 0.6) is 11.5 Å². The first-order valence-corrected chi connectivity index (χ1v) is 10.4. The minimum atomic E-state index is -3.14. The van der Waals surface area contributed by atoms with E-state index >= 15 is 0 Å². The van der Waals surface area contributed by atoms with Crippen LogP contribution in [0, 0.1) is 0 Å². The lowest BCUT2D eigenvalue weighted by Gasteiger charge is -2.15. The van der Waals surface area contributed by atoms with Gasteiger partial charge in [0.05, 0.1) is 18.4 Å². The van der Waals surface area contributed by atoms with Crippen molar-refractivity contribution in [3.8, 4) is 11.5 Å². The molecule has 1 aliphatic heterocycles. The van der Waals surface area contributed by atoms with Gasteiger partial charge in [-0.25, -0.2) is 8.42 Å². The van der Waals surface area contributed by atoms with Crippen molar-refractivity contribution in [3.63, 3.8) is 0 Å². The minimum Gasteiger partial charge on any atom is -0.494 e. The molecule has 2 atom stereocenters. The molecule has 148 valence electrons. The number of carbonyl (C=O) groups excluding carboxylic acids is 1. The van der Waals surface area contributed by atoms with E-state index in [9.17, 15) is 13.2 Å². The summed E-state index contributed by atoms with van der Waals surface area (Å²) in [5.74, 6) is 1.02. The number of nitrogens with two attached hydrogens (primary N) is 1. The SMILES string of the molecule is CCOc1cc2c(cc1CNC(=O)C(N)CCS(C)(=O)=O)OC(C)C2.Cl. The molecule has 9 heteroatoms. The fraction of sp³-hybridized carbons (Fsp3) is 0.588. The molecule has 0 bridgehead atoms. The molecule has 1 aromatic rings. The first kappa shape index (κ1) is 22.5. The number of sulfone groups is 1. The fourth-order valence-electron chi connectivity index (χ4n) is 2.70. The van der Waals surface area contributed by atoms with E-state index in [1.165, 1.54) is 0 Å². The Labute approximate surface area is 160 Å². The third-order valence-corrected chi connectivity index (χ3v) is 4.95. The van der Waals surface area contributed by atoms with Crippen LogP contribution in [-0.2, 0) is 27.6 Å². The van der Waals surface area contributed by atoms with Crippen LogP contribution in [0.25, 0.3) is 0 Å². The van der Waals surface area contributed by atoms with E-state index in [1.54, 1.807) is 0 Å². The molecule has 7 nitrogen and oxygen atoms in total. The predicted octanol–water partition coefficient (Wildman–Crippen LogP) is 1.21. The van der Waals surface area contributed by atoms with Crippen molar-refractivity contribution < 1.29 is 22.7 Å². The molecule has 0 radical (unpaired) electrons. The highest BCUT2D eigenvalue weighted by atomic mass is 35.5. The van der Waals surface area contributed by atoms with Crippen LogP contribution in [0.1, 0.15) is 31.4 Å².